The second-order valence-electron chi connectivity index (χ2n) is 6.47. The maximum Gasteiger partial charge on any atom is 0.325 e. The number of carbonyl (C=O) groups excluding carboxylic acids is 2. The van der Waals surface area contributed by atoms with Crippen LogP contribution in [0.4, 0.5) is 11.4 Å². The molecule has 0 unspecified atom stereocenters. The molecular weight excluding hydrogens is 392 g/mol. The van der Waals surface area contributed by atoms with Gasteiger partial charge in [0.1, 0.15) is 6.54 Å². The van der Waals surface area contributed by atoms with Gasteiger partial charge in [-0.1, -0.05) is 39.8 Å². The van der Waals surface area contributed by atoms with Gasteiger partial charge in [-0.3, -0.25) is 14.3 Å². The number of fused-ring (bicyclic) bond motifs is 2. The third kappa shape index (κ3) is 5.23. The van der Waals surface area contributed by atoms with E-state index in [1.165, 1.54) is 4.90 Å². The standard InChI is InChI=1S/C20H20N4O3.2C2H6.H2/c1-3-27-18(25)12-24-11-13-5-4-6-16(19(13)20(24)26)22-15-7-8-17-14(9-15)10-21-23(17)2;2*1-2;/h4-10,22H,3,11-12H2,1-2H3;2*1-2H3;1H. The number of hydrogen-bond donors (Lipinski definition) is 1. The first-order valence-electron chi connectivity index (χ1n) is 10.8. The van der Waals surface area contributed by atoms with Crippen LogP contribution < -0.4 is 5.32 Å². The van der Waals surface area contributed by atoms with Crippen molar-refractivity contribution in [2.24, 2.45) is 7.05 Å². The minimum atomic E-state index is -0.393. The molecule has 0 fully saturated rings. The largest absolute Gasteiger partial charge is 0.465 e. The Balaban J connectivity index is 0.000000971. The molecule has 0 spiro atoms. The van der Waals surface area contributed by atoms with E-state index in [0.717, 1.165) is 27.8 Å². The number of aromatic nitrogens is 2. The van der Waals surface area contributed by atoms with Gasteiger partial charge < -0.3 is 15.0 Å². The minimum Gasteiger partial charge on any atom is -0.465 e. The zero-order valence-corrected chi connectivity index (χ0v) is 19.2. The average Bonchev–Trinajstić information content (AvgIpc) is 3.31. The number of rotatable bonds is 5. The van der Waals surface area contributed by atoms with E-state index in [4.69, 9.17) is 4.74 Å². The highest BCUT2D eigenvalue weighted by Gasteiger charge is 2.31. The van der Waals surface area contributed by atoms with Gasteiger partial charge in [-0.2, -0.15) is 5.10 Å². The smallest absolute Gasteiger partial charge is 0.325 e. The van der Waals surface area contributed by atoms with Gasteiger partial charge >= 0.3 is 5.97 Å². The maximum atomic E-state index is 12.8. The summed E-state index contributed by atoms with van der Waals surface area (Å²) in [6.07, 6.45) is 1.81. The third-order valence-electron chi connectivity index (χ3n) is 4.66. The molecule has 4 rings (SSSR count). The molecule has 0 atom stereocenters. The lowest BCUT2D eigenvalue weighted by atomic mass is 10.1. The second-order valence-corrected chi connectivity index (χ2v) is 6.47. The molecule has 3 aromatic rings. The summed E-state index contributed by atoms with van der Waals surface area (Å²) in [4.78, 5) is 26.1. The van der Waals surface area contributed by atoms with Crippen molar-refractivity contribution in [2.75, 3.05) is 18.5 Å². The predicted molar refractivity (Wildman–Crippen MR) is 127 cm³/mol. The van der Waals surface area contributed by atoms with Crippen molar-refractivity contribution in [3.8, 4) is 0 Å². The van der Waals surface area contributed by atoms with Crippen LogP contribution in [0.15, 0.2) is 42.6 Å². The summed E-state index contributed by atoms with van der Waals surface area (Å²) < 4.78 is 6.78. The van der Waals surface area contributed by atoms with E-state index in [2.05, 4.69) is 10.4 Å². The van der Waals surface area contributed by atoms with Crippen LogP contribution >= 0.6 is 0 Å². The Kier molecular flexibility index (Phi) is 8.61. The summed E-state index contributed by atoms with van der Waals surface area (Å²) in [6.45, 7) is 10.4. The zero-order chi connectivity index (χ0) is 23.0. The molecule has 1 aliphatic heterocycles. The molecule has 1 amide bonds. The minimum absolute atomic E-state index is 0. The summed E-state index contributed by atoms with van der Waals surface area (Å²) in [5.41, 5.74) is 4.15. The van der Waals surface area contributed by atoms with Crippen molar-refractivity contribution in [1.29, 1.82) is 0 Å². The zero-order valence-electron chi connectivity index (χ0n) is 19.2. The van der Waals surface area contributed by atoms with Crippen molar-refractivity contribution in [3.05, 3.63) is 53.7 Å². The SMILES string of the molecule is CC.CC.CCOC(=O)CN1Cc2cccc(Nc3ccc4c(cnn4C)c3)c2C1=O.[HH]. The molecule has 0 saturated heterocycles. The summed E-state index contributed by atoms with van der Waals surface area (Å²) in [5.74, 6) is -0.557. The van der Waals surface area contributed by atoms with Gasteiger partial charge in [-0.15, -0.1) is 0 Å². The van der Waals surface area contributed by atoms with Crippen LogP contribution in [0, 0.1) is 0 Å². The van der Waals surface area contributed by atoms with E-state index in [9.17, 15) is 9.59 Å². The number of nitrogens with zero attached hydrogens (tertiary/aromatic N) is 3. The predicted octanol–water partition coefficient (Wildman–Crippen LogP) is 5.13. The fraction of sp³-hybridized carbons (Fsp3) is 0.375. The number of anilines is 2. The molecule has 0 radical (unpaired) electrons. The van der Waals surface area contributed by atoms with Crippen molar-refractivity contribution >= 4 is 34.2 Å². The molecule has 31 heavy (non-hydrogen) atoms. The van der Waals surface area contributed by atoms with Gasteiger partial charge in [0.15, 0.2) is 0 Å². The highest BCUT2D eigenvalue weighted by atomic mass is 16.5. The molecule has 1 aromatic heterocycles. The Morgan fingerprint density at radius 2 is 1.94 bits per heavy atom. The van der Waals surface area contributed by atoms with E-state index < -0.39 is 5.97 Å². The van der Waals surface area contributed by atoms with Crippen LogP contribution in [-0.4, -0.2) is 39.7 Å². The molecule has 7 nitrogen and oxygen atoms in total. The van der Waals surface area contributed by atoms with Crippen LogP contribution in [0.2, 0.25) is 0 Å². The highest BCUT2D eigenvalue weighted by Crippen LogP contribution is 2.32. The van der Waals surface area contributed by atoms with Crippen LogP contribution in [0.1, 0.15) is 52.0 Å². The fourth-order valence-electron chi connectivity index (χ4n) is 3.41. The van der Waals surface area contributed by atoms with Gasteiger partial charge in [0, 0.05) is 26.1 Å². The summed E-state index contributed by atoms with van der Waals surface area (Å²) in [6, 6.07) is 11.6. The second kappa shape index (κ2) is 11.2. The number of carbonyl (C=O) groups is 2. The number of benzene rings is 2. The Labute approximate surface area is 185 Å². The molecule has 0 saturated carbocycles. The van der Waals surface area contributed by atoms with Crippen LogP contribution in [0.5, 0.6) is 0 Å². The van der Waals surface area contributed by atoms with Crippen molar-refractivity contribution in [1.82, 2.24) is 14.7 Å². The lowest BCUT2D eigenvalue weighted by Gasteiger charge is -2.14. The Bertz CT molecular complexity index is 1050. The molecule has 1 aliphatic rings. The molecule has 0 bridgehead atoms. The fourth-order valence-corrected chi connectivity index (χ4v) is 3.41. The number of nitrogens with one attached hydrogen (secondary N) is 1. The number of aryl methyl sites for hydroxylation is 1. The first-order valence-corrected chi connectivity index (χ1v) is 10.8. The topological polar surface area (TPSA) is 76.5 Å². The number of hydrogen-bond acceptors (Lipinski definition) is 5. The Morgan fingerprint density at radius 3 is 2.65 bits per heavy atom. The van der Waals surface area contributed by atoms with Gasteiger partial charge in [-0.25, -0.2) is 0 Å². The van der Waals surface area contributed by atoms with Gasteiger partial charge in [0.05, 0.1) is 29.6 Å². The normalized spacial score (nSPS) is 11.8. The van der Waals surface area contributed by atoms with Crippen LogP contribution in [-0.2, 0) is 23.1 Å². The van der Waals surface area contributed by atoms with Crippen molar-refractivity contribution in [2.45, 2.75) is 41.2 Å². The number of amides is 1. The Hall–Kier alpha value is -3.35. The molecule has 168 valence electrons. The summed E-state index contributed by atoms with van der Waals surface area (Å²) in [5, 5.41) is 8.60. The lowest BCUT2D eigenvalue weighted by molar-refractivity contribution is -0.143. The van der Waals surface area contributed by atoms with Gasteiger partial charge in [0.25, 0.3) is 5.91 Å². The van der Waals surface area contributed by atoms with E-state index in [-0.39, 0.29) is 13.9 Å². The van der Waals surface area contributed by atoms with E-state index in [1.54, 1.807) is 6.92 Å². The molecule has 2 aromatic carbocycles. The number of esters is 1. The first kappa shape index (κ1) is 23.9. The molecule has 1 N–H and O–H groups in total. The molecular formula is C24H34N4O3. The lowest BCUT2D eigenvalue weighted by Crippen LogP contribution is -2.31. The van der Waals surface area contributed by atoms with Gasteiger partial charge in [-0.05, 0) is 36.8 Å². The van der Waals surface area contributed by atoms with E-state index in [1.807, 2.05) is 82.0 Å². The van der Waals surface area contributed by atoms with Gasteiger partial charge in [0.2, 0.25) is 0 Å². The molecule has 7 heteroatoms. The molecule has 2 heterocycles. The van der Waals surface area contributed by atoms with E-state index >= 15 is 0 Å². The Morgan fingerprint density at radius 1 is 1.19 bits per heavy atom. The highest BCUT2D eigenvalue weighted by molar-refractivity contribution is 6.05. The number of ether oxygens (including phenoxy) is 1. The van der Waals surface area contributed by atoms with Crippen molar-refractivity contribution in [3.63, 3.8) is 0 Å². The summed E-state index contributed by atoms with van der Waals surface area (Å²) in [7, 11) is 1.90. The average molecular weight is 427 g/mol. The van der Waals surface area contributed by atoms with E-state index in [0.29, 0.717) is 18.7 Å². The summed E-state index contributed by atoms with van der Waals surface area (Å²) >= 11 is 0. The molecule has 0 aliphatic carbocycles. The quantitative estimate of drug-likeness (QED) is 0.572. The van der Waals surface area contributed by atoms with Crippen molar-refractivity contribution < 1.29 is 15.8 Å². The van der Waals surface area contributed by atoms with Crippen LogP contribution in [0.25, 0.3) is 10.9 Å². The maximum absolute atomic E-state index is 12.8. The third-order valence-corrected chi connectivity index (χ3v) is 4.66. The monoisotopic (exact) mass is 426 g/mol. The van der Waals surface area contributed by atoms with Crippen LogP contribution in [0.3, 0.4) is 0 Å². The first-order chi connectivity index (χ1) is 15.1.